The first-order valence-corrected chi connectivity index (χ1v) is 7.57. The van der Waals surface area contributed by atoms with Gasteiger partial charge in [0.2, 0.25) is 0 Å². The molecule has 2 heterocycles. The van der Waals surface area contributed by atoms with Crippen molar-refractivity contribution in [3.8, 4) is 0 Å². The van der Waals surface area contributed by atoms with Gasteiger partial charge in [0, 0.05) is 31.4 Å². The van der Waals surface area contributed by atoms with E-state index in [2.05, 4.69) is 29.4 Å². The van der Waals surface area contributed by atoms with Crippen LogP contribution in [0.15, 0.2) is 0 Å². The summed E-state index contributed by atoms with van der Waals surface area (Å²) in [7, 11) is 5.86. The molecule has 0 fully saturated rings. The van der Waals surface area contributed by atoms with Crippen molar-refractivity contribution in [2.24, 2.45) is 14.1 Å². The minimum atomic E-state index is 0.312. The standard InChI is InChI=1S/C15H24ClN5/c1-9-13(11(3)20(5)18-9)7-12(17-4)8-14-10(2)19-21(6)15(14)16/h12,17H,7-8H2,1-6H3. The van der Waals surface area contributed by atoms with Crippen LogP contribution in [0.25, 0.3) is 0 Å². The highest BCUT2D eigenvalue weighted by Crippen LogP contribution is 2.22. The smallest absolute Gasteiger partial charge is 0.130 e. The Morgan fingerprint density at radius 2 is 1.52 bits per heavy atom. The molecule has 0 aromatic carbocycles. The van der Waals surface area contributed by atoms with E-state index in [0.717, 1.165) is 34.9 Å². The maximum atomic E-state index is 6.34. The molecule has 1 unspecified atom stereocenters. The van der Waals surface area contributed by atoms with Crippen LogP contribution in [0, 0.1) is 20.8 Å². The van der Waals surface area contributed by atoms with Crippen molar-refractivity contribution in [1.29, 1.82) is 0 Å². The van der Waals surface area contributed by atoms with Gasteiger partial charge in [0.05, 0.1) is 11.4 Å². The minimum absolute atomic E-state index is 0.312. The minimum Gasteiger partial charge on any atom is -0.316 e. The number of likely N-dealkylation sites (N-methyl/N-ethyl adjacent to an activating group) is 1. The highest BCUT2D eigenvalue weighted by molar-refractivity contribution is 6.30. The molecule has 5 nitrogen and oxygen atoms in total. The van der Waals surface area contributed by atoms with Crippen LogP contribution in [-0.4, -0.2) is 32.7 Å². The van der Waals surface area contributed by atoms with Gasteiger partial charge in [-0.1, -0.05) is 11.6 Å². The van der Waals surface area contributed by atoms with Crippen molar-refractivity contribution < 1.29 is 0 Å². The van der Waals surface area contributed by atoms with Gasteiger partial charge in [-0.3, -0.25) is 9.36 Å². The van der Waals surface area contributed by atoms with Crippen LogP contribution in [0.5, 0.6) is 0 Å². The summed E-state index contributed by atoms with van der Waals surface area (Å²) in [5, 5.41) is 13.0. The van der Waals surface area contributed by atoms with Gasteiger partial charge in [-0.15, -0.1) is 0 Å². The maximum Gasteiger partial charge on any atom is 0.130 e. The quantitative estimate of drug-likeness (QED) is 0.920. The predicted octanol–water partition coefficient (Wildman–Crippen LogP) is 2.11. The summed E-state index contributed by atoms with van der Waals surface area (Å²) in [4.78, 5) is 0. The third kappa shape index (κ3) is 3.14. The molecule has 0 aliphatic carbocycles. The van der Waals surface area contributed by atoms with Crippen LogP contribution < -0.4 is 5.32 Å². The van der Waals surface area contributed by atoms with Gasteiger partial charge in [-0.05, 0) is 46.2 Å². The lowest BCUT2D eigenvalue weighted by atomic mass is 9.98. The van der Waals surface area contributed by atoms with Crippen LogP contribution in [-0.2, 0) is 26.9 Å². The number of rotatable bonds is 5. The summed E-state index contributed by atoms with van der Waals surface area (Å²) in [5.74, 6) is 0. The summed E-state index contributed by atoms with van der Waals surface area (Å²) in [6.45, 7) is 6.19. The Kier molecular flexibility index (Phi) is 4.74. The third-order valence-electron chi connectivity index (χ3n) is 4.24. The highest BCUT2D eigenvalue weighted by atomic mass is 35.5. The number of hydrogen-bond acceptors (Lipinski definition) is 3. The molecule has 1 atom stereocenters. The van der Waals surface area contributed by atoms with Crippen molar-refractivity contribution >= 4 is 11.6 Å². The van der Waals surface area contributed by atoms with Gasteiger partial charge in [0.1, 0.15) is 5.15 Å². The van der Waals surface area contributed by atoms with E-state index in [9.17, 15) is 0 Å². The maximum absolute atomic E-state index is 6.34. The lowest BCUT2D eigenvalue weighted by Gasteiger charge is -2.16. The van der Waals surface area contributed by atoms with Gasteiger partial charge in [-0.25, -0.2) is 0 Å². The summed E-state index contributed by atoms with van der Waals surface area (Å²) in [5.41, 5.74) is 5.76. The number of nitrogens with zero attached hydrogens (tertiary/aromatic N) is 4. The average Bonchev–Trinajstić information content (AvgIpc) is 2.81. The Labute approximate surface area is 131 Å². The molecule has 0 aliphatic heterocycles. The Balaban J connectivity index is 2.21. The molecule has 2 aromatic rings. The first-order valence-electron chi connectivity index (χ1n) is 7.19. The molecule has 21 heavy (non-hydrogen) atoms. The lowest BCUT2D eigenvalue weighted by molar-refractivity contribution is 0.552. The van der Waals surface area contributed by atoms with Crippen molar-refractivity contribution in [3.63, 3.8) is 0 Å². The zero-order valence-electron chi connectivity index (χ0n) is 13.7. The molecule has 116 valence electrons. The fourth-order valence-electron chi connectivity index (χ4n) is 2.79. The Morgan fingerprint density at radius 1 is 1.00 bits per heavy atom. The van der Waals surface area contributed by atoms with E-state index in [-0.39, 0.29) is 0 Å². The van der Waals surface area contributed by atoms with Crippen LogP contribution in [0.4, 0.5) is 0 Å². The molecule has 1 N–H and O–H groups in total. The second-order valence-corrected chi connectivity index (χ2v) is 6.00. The monoisotopic (exact) mass is 309 g/mol. The van der Waals surface area contributed by atoms with Crippen molar-refractivity contribution in [2.75, 3.05) is 7.05 Å². The zero-order chi connectivity index (χ0) is 15.7. The number of hydrogen-bond donors (Lipinski definition) is 1. The molecule has 0 amide bonds. The van der Waals surface area contributed by atoms with E-state index in [1.54, 1.807) is 4.68 Å². The molecule has 0 aliphatic rings. The first kappa shape index (κ1) is 16.0. The third-order valence-corrected chi connectivity index (χ3v) is 4.71. The van der Waals surface area contributed by atoms with E-state index in [1.807, 2.05) is 32.7 Å². The lowest BCUT2D eigenvalue weighted by Crippen LogP contribution is -2.30. The van der Waals surface area contributed by atoms with E-state index < -0.39 is 0 Å². The molecule has 2 rings (SSSR count). The summed E-state index contributed by atoms with van der Waals surface area (Å²) in [6.07, 6.45) is 1.80. The van der Waals surface area contributed by atoms with Crippen molar-refractivity contribution in [1.82, 2.24) is 24.9 Å². The van der Waals surface area contributed by atoms with Gasteiger partial charge in [0.15, 0.2) is 0 Å². The molecule has 0 bridgehead atoms. The highest BCUT2D eigenvalue weighted by Gasteiger charge is 2.19. The van der Waals surface area contributed by atoms with E-state index in [0.29, 0.717) is 6.04 Å². The average molecular weight is 310 g/mol. The molecule has 0 radical (unpaired) electrons. The molecule has 6 heteroatoms. The summed E-state index contributed by atoms with van der Waals surface area (Å²) in [6, 6.07) is 0.312. The number of nitrogens with one attached hydrogen (secondary N) is 1. The number of aromatic nitrogens is 4. The molecule has 0 spiro atoms. The van der Waals surface area contributed by atoms with Crippen LogP contribution in [0.2, 0.25) is 5.15 Å². The Hall–Kier alpha value is -1.33. The van der Waals surface area contributed by atoms with Gasteiger partial charge in [-0.2, -0.15) is 10.2 Å². The number of halogens is 1. The van der Waals surface area contributed by atoms with Gasteiger partial charge < -0.3 is 5.32 Å². The Morgan fingerprint density at radius 3 is 1.95 bits per heavy atom. The van der Waals surface area contributed by atoms with Gasteiger partial charge >= 0.3 is 0 Å². The second kappa shape index (κ2) is 6.20. The largest absolute Gasteiger partial charge is 0.316 e. The van der Waals surface area contributed by atoms with E-state index >= 15 is 0 Å². The Bertz CT molecular complexity index is 587. The fourth-order valence-corrected chi connectivity index (χ4v) is 3.04. The van der Waals surface area contributed by atoms with Crippen molar-refractivity contribution in [3.05, 3.63) is 33.4 Å². The molecule has 0 saturated heterocycles. The number of aryl methyl sites for hydroxylation is 4. The first-order chi connectivity index (χ1) is 9.85. The predicted molar refractivity (Wildman–Crippen MR) is 85.9 cm³/mol. The van der Waals surface area contributed by atoms with E-state index in [4.69, 9.17) is 11.6 Å². The van der Waals surface area contributed by atoms with Crippen LogP contribution in [0.1, 0.15) is 28.2 Å². The second-order valence-electron chi connectivity index (χ2n) is 5.65. The van der Waals surface area contributed by atoms with Crippen LogP contribution >= 0.6 is 11.6 Å². The zero-order valence-corrected chi connectivity index (χ0v) is 14.4. The molecular weight excluding hydrogens is 286 g/mol. The van der Waals surface area contributed by atoms with Gasteiger partial charge in [0.25, 0.3) is 0 Å². The fraction of sp³-hybridized carbons (Fsp3) is 0.600. The summed E-state index contributed by atoms with van der Waals surface area (Å²) < 4.78 is 3.68. The molecular formula is C15H24ClN5. The normalized spacial score (nSPS) is 12.9. The van der Waals surface area contributed by atoms with Crippen LogP contribution in [0.3, 0.4) is 0 Å². The summed E-state index contributed by atoms with van der Waals surface area (Å²) >= 11 is 6.34. The van der Waals surface area contributed by atoms with E-state index in [1.165, 1.54) is 11.3 Å². The molecule has 0 saturated carbocycles. The SMILES string of the molecule is CNC(Cc1c(C)nn(C)c1C)Cc1c(C)nn(C)c1Cl. The topological polar surface area (TPSA) is 47.7 Å². The van der Waals surface area contributed by atoms with Crippen molar-refractivity contribution in [2.45, 2.75) is 39.7 Å². The molecule has 2 aromatic heterocycles.